The van der Waals surface area contributed by atoms with Gasteiger partial charge in [-0.1, -0.05) is 12.1 Å². The van der Waals surface area contributed by atoms with Crippen LogP contribution < -0.4 is 20.9 Å². The van der Waals surface area contributed by atoms with E-state index < -0.39 is 0 Å². The zero-order chi connectivity index (χ0) is 31.1. The maximum Gasteiger partial charge on any atom is 0.273 e. The minimum Gasteiger partial charge on any atom is -0.366 e. The Morgan fingerprint density at radius 1 is 1.09 bits per heavy atom. The Bertz CT molecular complexity index is 1840. The standard InChI is InChI=1S/C32H33N11O2/c1-34-32(45)29-26(13-28(39-40-29)38-31(44)20-6-7-20)37-25-5-3-4-23-24-15-36-43(27(24)18-41(2)30(23)25)22-9-11-42(17-22)16-21-12-19(14-33)8-10-35-21/h3-5,8,10,12-13,15,20,22H,6-7,9,11,16-18H2,1-2H3,(H,34,45)(H2,37,38,39,44). The molecular formula is C32H33N11O2. The van der Waals surface area contributed by atoms with Gasteiger partial charge in [0.15, 0.2) is 11.5 Å². The van der Waals surface area contributed by atoms with Gasteiger partial charge in [0.2, 0.25) is 5.91 Å². The Balaban J connectivity index is 1.15. The van der Waals surface area contributed by atoms with Crippen LogP contribution in [0.25, 0.3) is 11.1 Å². The predicted octanol–water partition coefficient (Wildman–Crippen LogP) is 3.46. The number of para-hydroxylation sites is 1. The molecule has 228 valence electrons. The highest BCUT2D eigenvalue weighted by molar-refractivity contribution is 6.01. The van der Waals surface area contributed by atoms with E-state index in [2.05, 4.69) is 57.7 Å². The number of likely N-dealkylation sites (tertiary alicyclic amines) is 1. The summed E-state index contributed by atoms with van der Waals surface area (Å²) < 4.78 is 2.17. The van der Waals surface area contributed by atoms with Gasteiger partial charge in [-0.2, -0.15) is 10.4 Å². The van der Waals surface area contributed by atoms with Crippen LogP contribution in [0.2, 0.25) is 0 Å². The van der Waals surface area contributed by atoms with Gasteiger partial charge in [-0.05, 0) is 37.5 Å². The molecule has 0 radical (unpaired) electrons. The van der Waals surface area contributed by atoms with Crippen LogP contribution in [0, 0.1) is 17.2 Å². The number of hydrogen-bond donors (Lipinski definition) is 3. The first-order valence-electron chi connectivity index (χ1n) is 15.1. The van der Waals surface area contributed by atoms with Gasteiger partial charge < -0.3 is 20.9 Å². The molecule has 1 aliphatic carbocycles. The molecule has 13 nitrogen and oxygen atoms in total. The summed E-state index contributed by atoms with van der Waals surface area (Å²) in [5.74, 6) is -0.161. The van der Waals surface area contributed by atoms with Crippen molar-refractivity contribution in [2.24, 2.45) is 5.92 Å². The molecule has 1 saturated carbocycles. The number of hydrogen-bond acceptors (Lipinski definition) is 10. The number of amides is 2. The number of fused-ring (bicyclic) bond motifs is 3. The number of aromatic nitrogens is 5. The van der Waals surface area contributed by atoms with E-state index in [0.717, 1.165) is 66.2 Å². The highest BCUT2D eigenvalue weighted by atomic mass is 16.2. The van der Waals surface area contributed by atoms with E-state index in [4.69, 9.17) is 5.10 Å². The second kappa shape index (κ2) is 11.6. The number of pyridine rings is 1. The topological polar surface area (TPSA) is 157 Å². The summed E-state index contributed by atoms with van der Waals surface area (Å²) in [5.41, 5.74) is 7.13. The molecule has 3 aliphatic rings. The van der Waals surface area contributed by atoms with E-state index in [0.29, 0.717) is 30.2 Å². The number of nitrogens with one attached hydrogen (secondary N) is 3. The van der Waals surface area contributed by atoms with Gasteiger partial charge in [0.05, 0.1) is 58.9 Å². The second-order valence-corrected chi connectivity index (χ2v) is 11.8. The van der Waals surface area contributed by atoms with Gasteiger partial charge in [0.25, 0.3) is 5.91 Å². The van der Waals surface area contributed by atoms with E-state index in [1.807, 2.05) is 31.4 Å². The lowest BCUT2D eigenvalue weighted by Crippen LogP contribution is -2.27. The van der Waals surface area contributed by atoms with Gasteiger partial charge in [0, 0.05) is 63.0 Å². The first kappa shape index (κ1) is 28.4. The monoisotopic (exact) mass is 603 g/mol. The van der Waals surface area contributed by atoms with Crippen molar-refractivity contribution in [1.82, 2.24) is 35.2 Å². The molecule has 0 bridgehead atoms. The fourth-order valence-corrected chi connectivity index (χ4v) is 6.23. The molecule has 2 amide bonds. The third kappa shape index (κ3) is 5.56. The number of nitrogens with zero attached hydrogens (tertiary/aromatic N) is 8. The molecule has 0 spiro atoms. The zero-order valence-corrected chi connectivity index (χ0v) is 25.1. The molecule has 1 unspecified atom stereocenters. The Morgan fingerprint density at radius 2 is 1.96 bits per heavy atom. The molecular weight excluding hydrogens is 570 g/mol. The number of anilines is 4. The average Bonchev–Trinajstić information content (AvgIpc) is 3.67. The number of carbonyl (C=O) groups excluding carboxylic acids is 2. The Labute approximate surface area is 260 Å². The van der Waals surface area contributed by atoms with Crippen LogP contribution in [0.3, 0.4) is 0 Å². The molecule has 3 N–H and O–H groups in total. The van der Waals surface area contributed by atoms with Gasteiger partial charge in [-0.3, -0.25) is 24.2 Å². The smallest absolute Gasteiger partial charge is 0.273 e. The van der Waals surface area contributed by atoms with Crippen molar-refractivity contribution in [3.05, 3.63) is 71.4 Å². The van der Waals surface area contributed by atoms with E-state index in [9.17, 15) is 14.9 Å². The highest BCUT2D eigenvalue weighted by Crippen LogP contribution is 2.45. The van der Waals surface area contributed by atoms with Crippen molar-refractivity contribution >= 4 is 34.7 Å². The largest absolute Gasteiger partial charge is 0.366 e. The van der Waals surface area contributed by atoms with Gasteiger partial charge >= 0.3 is 0 Å². The third-order valence-electron chi connectivity index (χ3n) is 8.62. The molecule has 3 aromatic heterocycles. The quantitative estimate of drug-likeness (QED) is 0.273. The Kier molecular flexibility index (Phi) is 7.34. The number of benzene rings is 1. The molecule has 4 aromatic rings. The lowest BCUT2D eigenvalue weighted by Gasteiger charge is -2.31. The zero-order valence-electron chi connectivity index (χ0n) is 25.1. The van der Waals surface area contributed by atoms with Gasteiger partial charge in [-0.25, -0.2) is 0 Å². The molecule has 1 saturated heterocycles. The third-order valence-corrected chi connectivity index (χ3v) is 8.62. The molecule has 1 aromatic carbocycles. The van der Waals surface area contributed by atoms with Crippen molar-refractivity contribution in [2.45, 2.75) is 38.4 Å². The second-order valence-electron chi connectivity index (χ2n) is 11.8. The minimum atomic E-state index is -0.383. The molecule has 5 heterocycles. The van der Waals surface area contributed by atoms with Crippen LogP contribution in [-0.2, 0) is 17.9 Å². The highest BCUT2D eigenvalue weighted by Gasteiger charge is 2.33. The van der Waals surface area contributed by atoms with Crippen LogP contribution in [0.4, 0.5) is 22.9 Å². The van der Waals surface area contributed by atoms with Crippen LogP contribution in [0.5, 0.6) is 0 Å². The Morgan fingerprint density at radius 3 is 2.76 bits per heavy atom. The molecule has 2 aliphatic heterocycles. The van der Waals surface area contributed by atoms with E-state index in [1.54, 1.807) is 25.4 Å². The summed E-state index contributed by atoms with van der Waals surface area (Å²) in [6.45, 7) is 3.13. The summed E-state index contributed by atoms with van der Waals surface area (Å²) in [7, 11) is 3.59. The summed E-state index contributed by atoms with van der Waals surface area (Å²) in [6.07, 6.45) is 6.35. The van der Waals surface area contributed by atoms with Gasteiger partial charge in [0.1, 0.15) is 0 Å². The SMILES string of the molecule is CNC(=O)c1nnc(NC(=O)C2CC2)cc1Nc1cccc2c1N(C)Cc1c-2cnn1C1CCN(Cc2cc(C#N)ccn2)C1. The van der Waals surface area contributed by atoms with E-state index in [1.165, 1.54) is 0 Å². The summed E-state index contributed by atoms with van der Waals surface area (Å²) in [4.78, 5) is 34.1. The summed E-state index contributed by atoms with van der Waals surface area (Å²) >= 11 is 0. The van der Waals surface area contributed by atoms with Crippen LogP contribution in [0.15, 0.2) is 48.8 Å². The molecule has 7 rings (SSSR count). The van der Waals surface area contributed by atoms with Crippen LogP contribution in [0.1, 0.15) is 52.7 Å². The fourth-order valence-electron chi connectivity index (χ4n) is 6.23. The van der Waals surface area contributed by atoms with Crippen molar-refractivity contribution in [2.75, 3.05) is 42.7 Å². The summed E-state index contributed by atoms with van der Waals surface area (Å²) in [6, 6.07) is 13.7. The molecule has 13 heteroatoms. The minimum absolute atomic E-state index is 0.0116. The average molecular weight is 604 g/mol. The normalized spacial score (nSPS) is 17.3. The van der Waals surface area contributed by atoms with E-state index >= 15 is 0 Å². The first-order chi connectivity index (χ1) is 21.9. The lowest BCUT2D eigenvalue weighted by atomic mass is 9.97. The predicted molar refractivity (Wildman–Crippen MR) is 168 cm³/mol. The number of nitriles is 1. The van der Waals surface area contributed by atoms with Gasteiger partial charge in [-0.15, -0.1) is 10.2 Å². The van der Waals surface area contributed by atoms with Crippen molar-refractivity contribution < 1.29 is 9.59 Å². The fraction of sp³-hybridized carbons (Fsp3) is 0.344. The van der Waals surface area contributed by atoms with Crippen molar-refractivity contribution in [1.29, 1.82) is 5.26 Å². The maximum atomic E-state index is 12.7. The number of rotatable bonds is 8. The molecule has 2 fully saturated rings. The van der Waals surface area contributed by atoms with E-state index in [-0.39, 0.29) is 29.5 Å². The number of carbonyl (C=O) groups is 2. The first-order valence-corrected chi connectivity index (χ1v) is 15.1. The Hall–Kier alpha value is -5.35. The molecule has 45 heavy (non-hydrogen) atoms. The van der Waals surface area contributed by atoms with Crippen molar-refractivity contribution in [3.63, 3.8) is 0 Å². The summed E-state index contributed by atoms with van der Waals surface area (Å²) in [5, 5.41) is 31.2. The van der Waals surface area contributed by atoms with Crippen molar-refractivity contribution in [3.8, 4) is 17.2 Å². The molecule has 1 atom stereocenters. The maximum absolute atomic E-state index is 12.7. The lowest BCUT2D eigenvalue weighted by molar-refractivity contribution is -0.117. The van der Waals surface area contributed by atoms with Crippen LogP contribution in [-0.4, -0.2) is 68.9 Å². The van der Waals surface area contributed by atoms with Crippen LogP contribution >= 0.6 is 0 Å².